The molecule has 6 nitrogen and oxygen atoms in total. The quantitative estimate of drug-likeness (QED) is 0.699. The van der Waals surface area contributed by atoms with E-state index in [4.69, 9.17) is 5.26 Å². The highest BCUT2D eigenvalue weighted by Gasteiger charge is 2.09. The predicted molar refractivity (Wildman–Crippen MR) is 92.3 cm³/mol. The predicted octanol–water partition coefficient (Wildman–Crippen LogP) is 3.07. The van der Waals surface area contributed by atoms with Crippen molar-refractivity contribution in [2.45, 2.75) is 5.16 Å². The van der Waals surface area contributed by atoms with Crippen LogP contribution in [-0.2, 0) is 4.79 Å². The van der Waals surface area contributed by atoms with Crippen LogP contribution in [0.2, 0.25) is 0 Å². The molecule has 3 aromatic rings. The maximum absolute atomic E-state index is 12.0. The molecule has 0 saturated carbocycles. The van der Waals surface area contributed by atoms with E-state index in [0.717, 1.165) is 5.56 Å². The maximum atomic E-state index is 12.0. The number of thioether (sulfide) groups is 1. The second kappa shape index (κ2) is 7.44. The summed E-state index contributed by atoms with van der Waals surface area (Å²) in [4.78, 5) is 16.3. The second-order valence-electron chi connectivity index (χ2n) is 4.86. The van der Waals surface area contributed by atoms with Crippen LogP contribution in [0.4, 0.5) is 5.69 Å². The summed E-state index contributed by atoms with van der Waals surface area (Å²) < 4.78 is 0. The van der Waals surface area contributed by atoms with Crippen molar-refractivity contribution in [3.05, 3.63) is 60.2 Å². The standard InChI is InChI=1S/C17H13N5OS/c18-10-12-6-8-14(9-7-12)19-15(23)11-24-17-20-16(21-22-17)13-4-2-1-3-5-13/h1-9H,11H2,(H,19,23)(H,20,21,22). The topological polar surface area (TPSA) is 94.5 Å². The van der Waals surface area contributed by atoms with Crippen LogP contribution in [0.3, 0.4) is 0 Å². The molecule has 0 aliphatic carbocycles. The van der Waals surface area contributed by atoms with Gasteiger partial charge in [0.1, 0.15) is 0 Å². The van der Waals surface area contributed by atoms with Gasteiger partial charge in [0.25, 0.3) is 0 Å². The average molecular weight is 335 g/mol. The lowest BCUT2D eigenvalue weighted by Gasteiger charge is -2.03. The summed E-state index contributed by atoms with van der Waals surface area (Å²) in [5.74, 6) is 0.716. The van der Waals surface area contributed by atoms with Crippen LogP contribution in [0.15, 0.2) is 59.8 Å². The molecule has 1 heterocycles. The molecule has 1 amide bonds. The highest BCUT2D eigenvalue weighted by atomic mass is 32.2. The van der Waals surface area contributed by atoms with E-state index in [1.165, 1.54) is 11.8 Å². The summed E-state index contributed by atoms with van der Waals surface area (Å²) in [6.45, 7) is 0. The number of nitrogens with one attached hydrogen (secondary N) is 2. The first-order chi connectivity index (χ1) is 11.7. The van der Waals surface area contributed by atoms with Crippen molar-refractivity contribution in [2.24, 2.45) is 0 Å². The number of rotatable bonds is 5. The molecule has 0 bridgehead atoms. The van der Waals surface area contributed by atoms with E-state index in [0.29, 0.717) is 22.2 Å². The molecule has 0 atom stereocenters. The summed E-state index contributed by atoms with van der Waals surface area (Å²) in [6, 6.07) is 18.4. The van der Waals surface area contributed by atoms with Crippen molar-refractivity contribution >= 4 is 23.4 Å². The molecule has 1 aromatic heterocycles. The number of hydrogen-bond donors (Lipinski definition) is 2. The van der Waals surface area contributed by atoms with Crippen LogP contribution in [0.25, 0.3) is 11.4 Å². The Morgan fingerprint density at radius 1 is 1.17 bits per heavy atom. The van der Waals surface area contributed by atoms with E-state index in [-0.39, 0.29) is 11.7 Å². The number of hydrogen-bond acceptors (Lipinski definition) is 5. The Morgan fingerprint density at radius 3 is 2.62 bits per heavy atom. The van der Waals surface area contributed by atoms with E-state index in [1.54, 1.807) is 24.3 Å². The number of anilines is 1. The van der Waals surface area contributed by atoms with Crippen molar-refractivity contribution < 1.29 is 4.79 Å². The molecule has 118 valence electrons. The van der Waals surface area contributed by atoms with E-state index in [9.17, 15) is 4.79 Å². The molecule has 7 heteroatoms. The summed E-state index contributed by atoms with van der Waals surface area (Å²) in [6.07, 6.45) is 0. The molecule has 0 saturated heterocycles. The van der Waals surface area contributed by atoms with Gasteiger partial charge in [-0.05, 0) is 24.3 Å². The zero-order valence-corrected chi connectivity index (χ0v) is 13.4. The van der Waals surface area contributed by atoms with Crippen LogP contribution in [0.5, 0.6) is 0 Å². The summed E-state index contributed by atoms with van der Waals surface area (Å²) in [7, 11) is 0. The van der Waals surface area contributed by atoms with Gasteiger partial charge < -0.3 is 5.32 Å². The maximum Gasteiger partial charge on any atom is 0.234 e. The third-order valence-corrected chi connectivity index (χ3v) is 3.99. The first-order valence-electron chi connectivity index (χ1n) is 7.15. The summed E-state index contributed by atoms with van der Waals surface area (Å²) >= 11 is 1.25. The molecular weight excluding hydrogens is 322 g/mol. The number of carbonyl (C=O) groups is 1. The largest absolute Gasteiger partial charge is 0.325 e. The van der Waals surface area contributed by atoms with Gasteiger partial charge in [-0.15, -0.1) is 5.10 Å². The molecule has 0 aliphatic rings. The minimum Gasteiger partial charge on any atom is -0.325 e. The zero-order valence-electron chi connectivity index (χ0n) is 12.6. The van der Waals surface area contributed by atoms with Gasteiger partial charge in [0.2, 0.25) is 11.1 Å². The van der Waals surface area contributed by atoms with Crippen molar-refractivity contribution in [3.8, 4) is 17.5 Å². The molecule has 2 N–H and O–H groups in total. The summed E-state index contributed by atoms with van der Waals surface area (Å²) in [5.41, 5.74) is 2.15. The molecular formula is C17H13N5OS. The average Bonchev–Trinajstić information content (AvgIpc) is 3.10. The second-order valence-corrected chi connectivity index (χ2v) is 5.80. The fourth-order valence-electron chi connectivity index (χ4n) is 1.99. The molecule has 0 fully saturated rings. The number of aromatic amines is 1. The Bertz CT molecular complexity index is 868. The third kappa shape index (κ3) is 4.00. The van der Waals surface area contributed by atoms with Gasteiger partial charge in [-0.3, -0.25) is 9.89 Å². The van der Waals surface area contributed by atoms with Gasteiger partial charge >= 0.3 is 0 Å². The number of H-pyrrole nitrogens is 1. The summed E-state index contributed by atoms with van der Waals surface area (Å²) in [5, 5.41) is 19.0. The molecule has 3 rings (SSSR count). The number of nitrogens with zero attached hydrogens (tertiary/aromatic N) is 3. The van der Waals surface area contributed by atoms with Crippen LogP contribution in [-0.4, -0.2) is 26.8 Å². The highest BCUT2D eigenvalue weighted by molar-refractivity contribution is 7.99. The highest BCUT2D eigenvalue weighted by Crippen LogP contribution is 2.19. The van der Waals surface area contributed by atoms with E-state index < -0.39 is 0 Å². The minimum atomic E-state index is -0.157. The zero-order chi connectivity index (χ0) is 16.8. The van der Waals surface area contributed by atoms with Crippen LogP contribution >= 0.6 is 11.8 Å². The Kier molecular flexibility index (Phi) is 4.89. The Balaban J connectivity index is 1.55. The van der Waals surface area contributed by atoms with Crippen molar-refractivity contribution in [1.82, 2.24) is 15.2 Å². The van der Waals surface area contributed by atoms with Gasteiger partial charge in [0.05, 0.1) is 17.4 Å². The van der Waals surface area contributed by atoms with Crippen molar-refractivity contribution in [1.29, 1.82) is 5.26 Å². The van der Waals surface area contributed by atoms with Crippen LogP contribution < -0.4 is 5.32 Å². The molecule has 0 unspecified atom stereocenters. The number of aromatic nitrogens is 3. The van der Waals surface area contributed by atoms with E-state index >= 15 is 0 Å². The van der Waals surface area contributed by atoms with Gasteiger partial charge in [0, 0.05) is 11.3 Å². The first-order valence-corrected chi connectivity index (χ1v) is 8.14. The lowest BCUT2D eigenvalue weighted by Crippen LogP contribution is -2.14. The smallest absolute Gasteiger partial charge is 0.234 e. The molecule has 0 spiro atoms. The van der Waals surface area contributed by atoms with Gasteiger partial charge in [0.15, 0.2) is 5.82 Å². The molecule has 0 aliphatic heterocycles. The lowest BCUT2D eigenvalue weighted by atomic mass is 10.2. The number of benzene rings is 2. The number of nitriles is 1. The van der Waals surface area contributed by atoms with Crippen LogP contribution in [0, 0.1) is 11.3 Å². The fraction of sp³-hybridized carbons (Fsp3) is 0.0588. The van der Waals surface area contributed by atoms with Crippen LogP contribution in [0.1, 0.15) is 5.56 Å². The van der Waals surface area contributed by atoms with Crippen molar-refractivity contribution in [3.63, 3.8) is 0 Å². The lowest BCUT2D eigenvalue weighted by molar-refractivity contribution is -0.113. The fourth-order valence-corrected chi connectivity index (χ4v) is 2.59. The Hall–Kier alpha value is -3.11. The Morgan fingerprint density at radius 2 is 1.92 bits per heavy atom. The van der Waals surface area contributed by atoms with E-state index in [2.05, 4.69) is 20.5 Å². The van der Waals surface area contributed by atoms with Crippen molar-refractivity contribution in [2.75, 3.05) is 11.1 Å². The molecule has 0 radical (unpaired) electrons. The third-order valence-electron chi connectivity index (χ3n) is 3.14. The molecule has 24 heavy (non-hydrogen) atoms. The normalized spacial score (nSPS) is 10.1. The number of carbonyl (C=O) groups excluding carboxylic acids is 1. The SMILES string of the molecule is N#Cc1ccc(NC(=O)CSc2n[nH]c(-c3ccccc3)n2)cc1. The van der Waals surface area contributed by atoms with E-state index in [1.807, 2.05) is 36.4 Å². The monoisotopic (exact) mass is 335 g/mol. The Labute approximate surface area is 142 Å². The van der Waals surface area contributed by atoms with Gasteiger partial charge in [-0.25, -0.2) is 4.98 Å². The molecule has 2 aromatic carbocycles. The first kappa shape index (κ1) is 15.8. The minimum absolute atomic E-state index is 0.157. The van der Waals surface area contributed by atoms with Gasteiger partial charge in [-0.2, -0.15) is 5.26 Å². The number of amides is 1. The van der Waals surface area contributed by atoms with Gasteiger partial charge in [-0.1, -0.05) is 42.1 Å².